The molecule has 3 heteroatoms. The third-order valence-electron chi connectivity index (χ3n) is 3.38. The van der Waals surface area contributed by atoms with Crippen LogP contribution in [0.4, 0.5) is 0 Å². The molecular formula is C14H30N2O. The molecular weight excluding hydrogens is 212 g/mol. The van der Waals surface area contributed by atoms with Gasteiger partial charge in [-0.3, -0.25) is 0 Å². The van der Waals surface area contributed by atoms with E-state index in [1.165, 1.54) is 32.2 Å². The lowest BCUT2D eigenvalue weighted by atomic mass is 10.1. The van der Waals surface area contributed by atoms with Gasteiger partial charge in [0.15, 0.2) is 0 Å². The predicted octanol–water partition coefficient (Wildman–Crippen LogP) is 2.17. The predicted molar refractivity (Wildman–Crippen MR) is 73.4 cm³/mol. The summed E-state index contributed by atoms with van der Waals surface area (Å²) >= 11 is 0. The maximum atomic E-state index is 5.59. The summed E-state index contributed by atoms with van der Waals surface area (Å²) in [5.74, 6) is 0.746. The zero-order chi connectivity index (χ0) is 12.5. The minimum Gasteiger partial charge on any atom is -0.380 e. The molecule has 102 valence electrons. The molecule has 1 aliphatic heterocycles. The van der Waals surface area contributed by atoms with Crippen LogP contribution < -0.4 is 10.6 Å². The first-order chi connectivity index (χ1) is 8.18. The van der Waals surface area contributed by atoms with Crippen LogP contribution in [0.5, 0.6) is 0 Å². The van der Waals surface area contributed by atoms with E-state index in [0.29, 0.717) is 6.04 Å². The molecule has 0 aliphatic carbocycles. The van der Waals surface area contributed by atoms with Crippen molar-refractivity contribution in [2.24, 2.45) is 5.92 Å². The van der Waals surface area contributed by atoms with Crippen LogP contribution in [-0.2, 0) is 4.74 Å². The van der Waals surface area contributed by atoms with Crippen molar-refractivity contribution in [3.05, 3.63) is 0 Å². The molecule has 0 aromatic heterocycles. The van der Waals surface area contributed by atoms with Gasteiger partial charge in [0.1, 0.15) is 0 Å². The Kier molecular flexibility index (Phi) is 7.82. The summed E-state index contributed by atoms with van der Waals surface area (Å²) in [5.41, 5.74) is 0. The summed E-state index contributed by atoms with van der Waals surface area (Å²) < 4.78 is 5.59. The molecule has 0 aromatic carbocycles. The number of rotatable bonds is 9. The molecule has 2 N–H and O–H groups in total. The fourth-order valence-corrected chi connectivity index (χ4v) is 2.27. The van der Waals surface area contributed by atoms with E-state index in [4.69, 9.17) is 4.74 Å². The van der Waals surface area contributed by atoms with Gasteiger partial charge in [-0.05, 0) is 45.1 Å². The van der Waals surface area contributed by atoms with E-state index in [1.807, 2.05) is 0 Å². The molecule has 2 unspecified atom stereocenters. The molecule has 0 bridgehead atoms. The van der Waals surface area contributed by atoms with Gasteiger partial charge >= 0.3 is 0 Å². The molecule has 1 saturated heterocycles. The molecule has 0 spiro atoms. The Morgan fingerprint density at radius 3 is 2.76 bits per heavy atom. The first-order valence-corrected chi connectivity index (χ1v) is 7.23. The molecule has 17 heavy (non-hydrogen) atoms. The van der Waals surface area contributed by atoms with Crippen LogP contribution in [-0.4, -0.2) is 38.4 Å². The van der Waals surface area contributed by atoms with Gasteiger partial charge in [-0.15, -0.1) is 0 Å². The van der Waals surface area contributed by atoms with E-state index >= 15 is 0 Å². The van der Waals surface area contributed by atoms with Gasteiger partial charge < -0.3 is 15.4 Å². The average Bonchev–Trinajstić information content (AvgIpc) is 2.75. The van der Waals surface area contributed by atoms with E-state index in [9.17, 15) is 0 Å². The van der Waals surface area contributed by atoms with E-state index < -0.39 is 0 Å². The number of ether oxygens (including phenoxy) is 1. The Morgan fingerprint density at radius 2 is 2.12 bits per heavy atom. The van der Waals surface area contributed by atoms with Gasteiger partial charge in [0.25, 0.3) is 0 Å². The number of nitrogens with one attached hydrogen (secondary N) is 2. The minimum absolute atomic E-state index is 0.597. The zero-order valence-corrected chi connectivity index (χ0v) is 11.8. The Bertz CT molecular complexity index is 179. The fraction of sp³-hybridized carbons (Fsp3) is 1.00. The van der Waals surface area contributed by atoms with Crippen LogP contribution in [0, 0.1) is 5.92 Å². The van der Waals surface area contributed by atoms with Crippen molar-refractivity contribution in [3.63, 3.8) is 0 Å². The Hall–Kier alpha value is -0.120. The highest BCUT2D eigenvalue weighted by Gasteiger charge is 2.16. The van der Waals surface area contributed by atoms with Gasteiger partial charge in [0.2, 0.25) is 0 Å². The monoisotopic (exact) mass is 242 g/mol. The fourth-order valence-electron chi connectivity index (χ4n) is 2.27. The SMILES string of the molecule is CC(C)CCOCCNC(C)CC1CCCN1. The highest BCUT2D eigenvalue weighted by Crippen LogP contribution is 2.10. The van der Waals surface area contributed by atoms with Crippen molar-refractivity contribution in [2.45, 2.75) is 58.5 Å². The van der Waals surface area contributed by atoms with Crippen molar-refractivity contribution in [1.29, 1.82) is 0 Å². The van der Waals surface area contributed by atoms with Gasteiger partial charge in [0.05, 0.1) is 6.61 Å². The Balaban J connectivity index is 1.87. The second-order valence-corrected chi connectivity index (χ2v) is 5.68. The van der Waals surface area contributed by atoms with Crippen molar-refractivity contribution in [2.75, 3.05) is 26.3 Å². The maximum absolute atomic E-state index is 5.59. The standard InChI is InChI=1S/C14H30N2O/c1-12(2)6-9-17-10-8-15-13(3)11-14-5-4-7-16-14/h12-16H,4-11H2,1-3H3. The van der Waals surface area contributed by atoms with E-state index in [0.717, 1.165) is 31.7 Å². The first-order valence-electron chi connectivity index (χ1n) is 7.23. The molecule has 0 aromatic rings. The third-order valence-corrected chi connectivity index (χ3v) is 3.38. The van der Waals surface area contributed by atoms with Crippen LogP contribution in [0.2, 0.25) is 0 Å². The second kappa shape index (κ2) is 8.90. The maximum Gasteiger partial charge on any atom is 0.0591 e. The molecule has 2 atom stereocenters. The number of hydrogen-bond acceptors (Lipinski definition) is 3. The topological polar surface area (TPSA) is 33.3 Å². The van der Waals surface area contributed by atoms with E-state index in [1.54, 1.807) is 0 Å². The molecule has 0 radical (unpaired) electrons. The van der Waals surface area contributed by atoms with Crippen molar-refractivity contribution >= 4 is 0 Å². The smallest absolute Gasteiger partial charge is 0.0591 e. The molecule has 3 nitrogen and oxygen atoms in total. The first kappa shape index (κ1) is 14.9. The van der Waals surface area contributed by atoms with Crippen LogP contribution in [0.3, 0.4) is 0 Å². The summed E-state index contributed by atoms with van der Waals surface area (Å²) in [6.45, 7) is 10.7. The summed E-state index contributed by atoms with van der Waals surface area (Å²) in [5, 5.41) is 7.07. The number of hydrogen-bond donors (Lipinski definition) is 2. The molecule has 1 heterocycles. The third kappa shape index (κ3) is 7.74. The molecule has 1 fully saturated rings. The molecule has 0 saturated carbocycles. The van der Waals surface area contributed by atoms with Gasteiger partial charge in [-0.2, -0.15) is 0 Å². The van der Waals surface area contributed by atoms with Gasteiger partial charge in [0, 0.05) is 25.2 Å². The Labute approximate surface area is 107 Å². The average molecular weight is 242 g/mol. The van der Waals surface area contributed by atoms with Gasteiger partial charge in [-0.25, -0.2) is 0 Å². The largest absolute Gasteiger partial charge is 0.380 e. The van der Waals surface area contributed by atoms with Crippen molar-refractivity contribution < 1.29 is 4.74 Å². The second-order valence-electron chi connectivity index (χ2n) is 5.68. The van der Waals surface area contributed by atoms with Crippen LogP contribution in [0.25, 0.3) is 0 Å². The normalized spacial score (nSPS) is 22.2. The molecule has 0 amide bonds. The highest BCUT2D eigenvalue weighted by atomic mass is 16.5. The lowest BCUT2D eigenvalue weighted by Crippen LogP contribution is -2.35. The lowest BCUT2D eigenvalue weighted by molar-refractivity contribution is 0.123. The summed E-state index contributed by atoms with van der Waals surface area (Å²) in [4.78, 5) is 0. The summed E-state index contributed by atoms with van der Waals surface area (Å²) in [7, 11) is 0. The zero-order valence-electron chi connectivity index (χ0n) is 11.8. The van der Waals surface area contributed by atoms with Gasteiger partial charge in [-0.1, -0.05) is 13.8 Å². The minimum atomic E-state index is 0.597. The Morgan fingerprint density at radius 1 is 1.29 bits per heavy atom. The van der Waals surface area contributed by atoms with Crippen molar-refractivity contribution in [1.82, 2.24) is 10.6 Å². The molecule has 1 rings (SSSR count). The lowest BCUT2D eigenvalue weighted by Gasteiger charge is -2.18. The van der Waals surface area contributed by atoms with E-state index in [2.05, 4.69) is 31.4 Å². The molecule has 1 aliphatic rings. The van der Waals surface area contributed by atoms with Crippen LogP contribution >= 0.6 is 0 Å². The van der Waals surface area contributed by atoms with Crippen LogP contribution in [0.1, 0.15) is 46.5 Å². The highest BCUT2D eigenvalue weighted by molar-refractivity contribution is 4.78. The van der Waals surface area contributed by atoms with E-state index in [-0.39, 0.29) is 0 Å². The summed E-state index contributed by atoms with van der Waals surface area (Å²) in [6.07, 6.45) is 5.10. The van der Waals surface area contributed by atoms with Crippen LogP contribution in [0.15, 0.2) is 0 Å². The van der Waals surface area contributed by atoms with Crippen molar-refractivity contribution in [3.8, 4) is 0 Å². The quantitative estimate of drug-likeness (QED) is 0.608. The summed E-state index contributed by atoms with van der Waals surface area (Å²) in [6, 6.07) is 1.33.